The third-order valence-corrected chi connectivity index (χ3v) is 3.16. The predicted octanol–water partition coefficient (Wildman–Crippen LogP) is 2.62. The number of nitrogens with zero attached hydrogens (tertiary/aromatic N) is 2. The highest BCUT2D eigenvalue weighted by atomic mass is 16.5. The maximum absolute atomic E-state index is 12.1. The second-order valence-electron chi connectivity index (χ2n) is 5.08. The van der Waals surface area contributed by atoms with Crippen LogP contribution in [0.15, 0.2) is 43.0 Å². The van der Waals surface area contributed by atoms with Crippen LogP contribution in [-0.2, 0) is 4.74 Å². The molecule has 0 aliphatic heterocycles. The largest absolute Gasteiger partial charge is 0.462 e. The van der Waals surface area contributed by atoms with Crippen molar-refractivity contribution in [1.82, 2.24) is 15.3 Å². The first-order valence-corrected chi connectivity index (χ1v) is 7.83. The summed E-state index contributed by atoms with van der Waals surface area (Å²) in [5.41, 5.74) is 1.15. The van der Waals surface area contributed by atoms with Crippen molar-refractivity contribution in [3.05, 3.63) is 60.1 Å². The minimum absolute atomic E-state index is 0.227. The Balaban J connectivity index is 2.29. The van der Waals surface area contributed by atoms with Crippen molar-refractivity contribution < 1.29 is 14.3 Å². The molecule has 7 nitrogen and oxygen atoms in total. The van der Waals surface area contributed by atoms with E-state index in [1.54, 1.807) is 44.2 Å². The Hall–Kier alpha value is -3.22. The topological polar surface area (TPSA) is 93.2 Å². The third-order valence-electron chi connectivity index (χ3n) is 3.16. The zero-order chi connectivity index (χ0) is 18.2. The number of hydrogen-bond donors (Lipinski definition) is 2. The van der Waals surface area contributed by atoms with E-state index in [4.69, 9.17) is 4.74 Å². The first kappa shape index (κ1) is 18.1. The molecule has 1 aromatic heterocycles. The van der Waals surface area contributed by atoms with Crippen molar-refractivity contribution in [2.24, 2.45) is 0 Å². The standard InChI is InChI=1S/C18H20N4O3/c1-4-10-19-17(23)15-11-16(21-12(3)20-15)22-14-9-7-6-8-13(14)18(24)25-5-2/h4,6-9,11H,1,5,10H2,2-3H3,(H,19,23)(H,20,21,22). The van der Waals surface area contributed by atoms with Crippen LogP contribution in [0.2, 0.25) is 0 Å². The highest BCUT2D eigenvalue weighted by molar-refractivity contribution is 5.97. The number of hydrogen-bond acceptors (Lipinski definition) is 6. The molecule has 0 atom stereocenters. The lowest BCUT2D eigenvalue weighted by Gasteiger charge is -2.12. The number of anilines is 2. The van der Waals surface area contributed by atoms with E-state index in [9.17, 15) is 9.59 Å². The van der Waals surface area contributed by atoms with Gasteiger partial charge in [-0.1, -0.05) is 18.2 Å². The van der Waals surface area contributed by atoms with E-state index in [-0.39, 0.29) is 18.2 Å². The number of nitrogens with one attached hydrogen (secondary N) is 2. The van der Waals surface area contributed by atoms with Crippen molar-refractivity contribution in [2.75, 3.05) is 18.5 Å². The Morgan fingerprint density at radius 3 is 2.76 bits per heavy atom. The quantitative estimate of drug-likeness (QED) is 0.594. The summed E-state index contributed by atoms with van der Waals surface area (Å²) in [6.07, 6.45) is 1.58. The maximum Gasteiger partial charge on any atom is 0.340 e. The van der Waals surface area contributed by atoms with Crippen LogP contribution in [0, 0.1) is 6.92 Å². The van der Waals surface area contributed by atoms with Gasteiger partial charge in [-0.05, 0) is 26.0 Å². The summed E-state index contributed by atoms with van der Waals surface area (Å²) in [6, 6.07) is 8.45. The zero-order valence-corrected chi connectivity index (χ0v) is 14.2. The van der Waals surface area contributed by atoms with Gasteiger partial charge < -0.3 is 15.4 Å². The van der Waals surface area contributed by atoms with Gasteiger partial charge in [0, 0.05) is 12.6 Å². The van der Waals surface area contributed by atoms with Crippen LogP contribution < -0.4 is 10.6 Å². The summed E-state index contributed by atoms with van der Waals surface area (Å²) in [7, 11) is 0. The Morgan fingerprint density at radius 1 is 1.28 bits per heavy atom. The smallest absolute Gasteiger partial charge is 0.340 e. The van der Waals surface area contributed by atoms with Crippen LogP contribution in [0.4, 0.5) is 11.5 Å². The normalized spacial score (nSPS) is 10.0. The minimum Gasteiger partial charge on any atom is -0.462 e. The molecule has 0 saturated heterocycles. The highest BCUT2D eigenvalue weighted by Crippen LogP contribution is 2.21. The van der Waals surface area contributed by atoms with E-state index >= 15 is 0 Å². The fraction of sp³-hybridized carbons (Fsp3) is 0.222. The molecule has 0 fully saturated rings. The molecule has 130 valence electrons. The van der Waals surface area contributed by atoms with Gasteiger partial charge in [0.1, 0.15) is 17.3 Å². The molecule has 0 unspecified atom stereocenters. The Bertz CT molecular complexity index is 790. The molecule has 0 aliphatic carbocycles. The number of rotatable bonds is 7. The second kappa shape index (κ2) is 8.58. The average molecular weight is 340 g/mol. The van der Waals surface area contributed by atoms with E-state index in [1.807, 2.05) is 0 Å². The van der Waals surface area contributed by atoms with Crippen molar-refractivity contribution in [3.63, 3.8) is 0 Å². The van der Waals surface area contributed by atoms with Gasteiger partial charge in [-0.15, -0.1) is 6.58 Å². The van der Waals surface area contributed by atoms with E-state index in [1.165, 1.54) is 6.07 Å². The van der Waals surface area contributed by atoms with Gasteiger partial charge in [0.25, 0.3) is 5.91 Å². The monoisotopic (exact) mass is 340 g/mol. The fourth-order valence-electron chi connectivity index (χ4n) is 2.12. The van der Waals surface area contributed by atoms with Crippen LogP contribution >= 0.6 is 0 Å². The zero-order valence-electron chi connectivity index (χ0n) is 14.2. The van der Waals surface area contributed by atoms with Gasteiger partial charge in [-0.2, -0.15) is 0 Å². The van der Waals surface area contributed by atoms with Gasteiger partial charge in [-0.25, -0.2) is 14.8 Å². The molecular formula is C18H20N4O3. The molecule has 2 N–H and O–H groups in total. The van der Waals surface area contributed by atoms with Crippen LogP contribution in [0.1, 0.15) is 33.6 Å². The molecule has 1 aromatic carbocycles. The Labute approximate surface area is 146 Å². The summed E-state index contributed by atoms with van der Waals surface area (Å²) >= 11 is 0. The molecule has 2 aromatic rings. The lowest BCUT2D eigenvalue weighted by Crippen LogP contribution is -2.24. The minimum atomic E-state index is -0.430. The van der Waals surface area contributed by atoms with Crippen molar-refractivity contribution >= 4 is 23.4 Å². The number of para-hydroxylation sites is 1. The highest BCUT2D eigenvalue weighted by Gasteiger charge is 2.14. The third kappa shape index (κ3) is 4.87. The molecule has 25 heavy (non-hydrogen) atoms. The SMILES string of the molecule is C=CCNC(=O)c1cc(Nc2ccccc2C(=O)OCC)nc(C)n1. The van der Waals surface area contributed by atoms with Crippen LogP contribution in [-0.4, -0.2) is 35.0 Å². The molecular weight excluding hydrogens is 320 g/mol. The van der Waals surface area contributed by atoms with Crippen LogP contribution in [0.3, 0.4) is 0 Å². The van der Waals surface area contributed by atoms with Gasteiger partial charge in [0.2, 0.25) is 0 Å². The number of carbonyl (C=O) groups is 2. The number of carbonyl (C=O) groups excluding carboxylic acids is 2. The molecule has 0 bridgehead atoms. The summed E-state index contributed by atoms with van der Waals surface area (Å²) in [4.78, 5) is 32.5. The Kier molecular flexibility index (Phi) is 6.22. The van der Waals surface area contributed by atoms with Crippen molar-refractivity contribution in [3.8, 4) is 0 Å². The van der Waals surface area contributed by atoms with Crippen molar-refractivity contribution in [2.45, 2.75) is 13.8 Å². The summed E-state index contributed by atoms with van der Waals surface area (Å²) < 4.78 is 5.05. The van der Waals surface area contributed by atoms with E-state index in [0.717, 1.165) is 0 Å². The molecule has 1 amide bonds. The summed E-state index contributed by atoms with van der Waals surface area (Å²) in [6.45, 7) is 7.62. The molecule has 2 rings (SSSR count). The molecule has 1 heterocycles. The lowest BCUT2D eigenvalue weighted by molar-refractivity contribution is 0.0527. The molecule has 0 radical (unpaired) electrons. The number of ether oxygens (including phenoxy) is 1. The number of aromatic nitrogens is 2. The molecule has 0 saturated carbocycles. The molecule has 0 spiro atoms. The van der Waals surface area contributed by atoms with Crippen molar-refractivity contribution in [1.29, 1.82) is 0 Å². The van der Waals surface area contributed by atoms with Gasteiger partial charge in [-0.3, -0.25) is 4.79 Å². The fourth-order valence-corrected chi connectivity index (χ4v) is 2.12. The van der Waals surface area contributed by atoms with E-state index in [2.05, 4.69) is 27.2 Å². The average Bonchev–Trinajstić information content (AvgIpc) is 2.59. The summed E-state index contributed by atoms with van der Waals surface area (Å²) in [5, 5.41) is 5.72. The van der Waals surface area contributed by atoms with Gasteiger partial charge >= 0.3 is 5.97 Å². The summed E-state index contributed by atoms with van der Waals surface area (Å²) in [5.74, 6) is 0.0859. The number of benzene rings is 1. The maximum atomic E-state index is 12.1. The van der Waals surface area contributed by atoms with E-state index < -0.39 is 5.97 Å². The first-order chi connectivity index (χ1) is 12.0. The predicted molar refractivity (Wildman–Crippen MR) is 95.0 cm³/mol. The van der Waals surface area contributed by atoms with Gasteiger partial charge in [0.05, 0.1) is 17.9 Å². The lowest BCUT2D eigenvalue weighted by atomic mass is 10.2. The number of esters is 1. The van der Waals surface area contributed by atoms with Gasteiger partial charge in [0.15, 0.2) is 0 Å². The van der Waals surface area contributed by atoms with E-state index in [0.29, 0.717) is 29.4 Å². The molecule has 0 aliphatic rings. The Morgan fingerprint density at radius 2 is 2.04 bits per heavy atom. The first-order valence-electron chi connectivity index (χ1n) is 7.83. The second-order valence-corrected chi connectivity index (χ2v) is 5.08. The number of amides is 1. The van der Waals surface area contributed by atoms with Crippen LogP contribution in [0.25, 0.3) is 0 Å². The number of aryl methyl sites for hydroxylation is 1. The molecule has 7 heteroatoms. The van der Waals surface area contributed by atoms with Crippen LogP contribution in [0.5, 0.6) is 0 Å².